The van der Waals surface area contributed by atoms with Crippen LogP contribution in [0, 0.1) is 0 Å². The van der Waals surface area contributed by atoms with E-state index in [0.29, 0.717) is 5.75 Å². The van der Waals surface area contributed by atoms with Gasteiger partial charge in [-0.2, -0.15) is 4.99 Å². The van der Waals surface area contributed by atoms with E-state index in [0.717, 1.165) is 29.3 Å². The number of hydrogen-bond donors (Lipinski definition) is 1. The van der Waals surface area contributed by atoms with Crippen molar-refractivity contribution in [1.29, 1.82) is 0 Å². The molecule has 1 unspecified atom stereocenters. The Balaban J connectivity index is 1.58. The van der Waals surface area contributed by atoms with Gasteiger partial charge in [0.25, 0.3) is 5.91 Å². The number of aliphatic imine (C=N–C) groups is 1. The maximum Gasteiger partial charge on any atom is 0.258 e. The Bertz CT molecular complexity index is 1050. The van der Waals surface area contributed by atoms with Crippen molar-refractivity contribution in [2.75, 3.05) is 11.1 Å². The van der Waals surface area contributed by atoms with E-state index in [1.54, 1.807) is 0 Å². The number of amidine groups is 1. The zero-order chi connectivity index (χ0) is 18.6. The maximum absolute atomic E-state index is 12.0. The molecule has 0 fully saturated rings. The zero-order valence-electron chi connectivity index (χ0n) is 15.3. The fourth-order valence-electron chi connectivity index (χ4n) is 3.21. The van der Waals surface area contributed by atoms with E-state index < -0.39 is 0 Å². The molecule has 27 heavy (non-hydrogen) atoms. The summed E-state index contributed by atoms with van der Waals surface area (Å²) in [5, 5.41) is 8.71. The molecule has 1 heterocycles. The van der Waals surface area contributed by atoms with Crippen LogP contribution >= 0.6 is 10.5 Å². The lowest BCUT2D eigenvalue weighted by Crippen LogP contribution is -2.08. The number of aryl methyl sites for hydroxylation is 1. The van der Waals surface area contributed by atoms with Crippen molar-refractivity contribution in [3.8, 4) is 0 Å². The van der Waals surface area contributed by atoms with E-state index in [2.05, 4.69) is 77.2 Å². The molecular formula is C23H22N2OS. The maximum atomic E-state index is 12.0. The van der Waals surface area contributed by atoms with Gasteiger partial charge in [0.1, 0.15) is 0 Å². The van der Waals surface area contributed by atoms with Gasteiger partial charge < -0.3 is 5.32 Å². The third kappa shape index (κ3) is 4.17. The molecule has 0 spiro atoms. The van der Waals surface area contributed by atoms with Gasteiger partial charge in [-0.3, -0.25) is 4.79 Å². The van der Waals surface area contributed by atoms with E-state index in [4.69, 9.17) is 0 Å². The van der Waals surface area contributed by atoms with Crippen molar-refractivity contribution < 1.29 is 4.79 Å². The van der Waals surface area contributed by atoms with Gasteiger partial charge in [-0.25, -0.2) is 0 Å². The predicted molar refractivity (Wildman–Crippen MR) is 118 cm³/mol. The van der Waals surface area contributed by atoms with Gasteiger partial charge in [-0.05, 0) is 51.9 Å². The largest absolute Gasteiger partial charge is 0.335 e. The first-order chi connectivity index (χ1) is 13.2. The highest BCUT2D eigenvalue weighted by Crippen LogP contribution is 2.26. The minimum absolute atomic E-state index is 0.0551. The van der Waals surface area contributed by atoms with Gasteiger partial charge in [0, 0.05) is 5.69 Å². The van der Waals surface area contributed by atoms with Crippen LogP contribution in [0.1, 0.15) is 24.5 Å². The first kappa shape index (κ1) is 17.7. The molecule has 0 aliphatic carbocycles. The van der Waals surface area contributed by atoms with Crippen molar-refractivity contribution >= 4 is 43.4 Å². The Hall–Kier alpha value is -2.72. The molecule has 3 aromatic rings. The molecule has 4 heteroatoms. The molecule has 1 amide bonds. The Kier molecular flexibility index (Phi) is 5.16. The van der Waals surface area contributed by atoms with Gasteiger partial charge in [0.15, 0.2) is 5.17 Å². The Morgan fingerprint density at radius 1 is 1.04 bits per heavy atom. The van der Waals surface area contributed by atoms with Crippen LogP contribution in [0.15, 0.2) is 71.7 Å². The Morgan fingerprint density at radius 3 is 2.59 bits per heavy atom. The second-order valence-corrected chi connectivity index (χ2v) is 8.45. The molecule has 1 atom stereocenters. The van der Waals surface area contributed by atoms with Crippen molar-refractivity contribution in [3.05, 3.63) is 77.9 Å². The summed E-state index contributed by atoms with van der Waals surface area (Å²) in [4.78, 5) is 16.2. The topological polar surface area (TPSA) is 41.5 Å². The first-order valence-electron chi connectivity index (χ1n) is 9.22. The highest BCUT2D eigenvalue weighted by Gasteiger charge is 2.19. The number of nitrogens with zero attached hydrogens (tertiary/aromatic N) is 1. The standard InChI is InChI=1S/C23H22N2OS/c1-2-5-17-9-12-21(13-10-17)24-23-25-22(26)16-27(23)15-18-8-11-19-6-3-4-7-20(19)14-18/h3-4,6-15H,2,5,16H2,1H3,(H,24,25,26). The second kappa shape index (κ2) is 7.89. The van der Waals surface area contributed by atoms with Crippen molar-refractivity contribution in [2.45, 2.75) is 19.8 Å². The SMILES string of the molecule is CCCc1ccc(NC2=NC(=O)CS2=Cc2ccc3ccccc3c2)cc1. The second-order valence-electron chi connectivity index (χ2n) is 6.68. The minimum atomic E-state index is -0.334. The number of carbonyl (C=O) groups is 1. The van der Waals surface area contributed by atoms with Crippen molar-refractivity contribution in [2.24, 2.45) is 4.99 Å². The molecule has 1 aliphatic heterocycles. The molecule has 3 aromatic carbocycles. The highest BCUT2D eigenvalue weighted by atomic mass is 32.2. The Morgan fingerprint density at radius 2 is 1.81 bits per heavy atom. The van der Waals surface area contributed by atoms with Crippen LogP contribution in [0.4, 0.5) is 5.69 Å². The van der Waals surface area contributed by atoms with Gasteiger partial charge in [0.05, 0.1) is 5.75 Å². The molecular weight excluding hydrogens is 352 g/mol. The summed E-state index contributed by atoms with van der Waals surface area (Å²) >= 11 is 0. The number of rotatable bonds is 4. The summed E-state index contributed by atoms with van der Waals surface area (Å²) in [5.74, 6) is 0.392. The fraction of sp³-hybridized carbons (Fsp3) is 0.174. The molecule has 3 nitrogen and oxygen atoms in total. The van der Waals surface area contributed by atoms with Gasteiger partial charge in [0.2, 0.25) is 0 Å². The molecule has 1 N–H and O–H groups in total. The van der Waals surface area contributed by atoms with Crippen molar-refractivity contribution in [3.63, 3.8) is 0 Å². The quantitative estimate of drug-likeness (QED) is 0.636. The summed E-state index contributed by atoms with van der Waals surface area (Å²) in [6.07, 6.45) is 2.22. The summed E-state index contributed by atoms with van der Waals surface area (Å²) < 4.78 is 0. The average Bonchev–Trinajstić information content (AvgIpc) is 3.02. The van der Waals surface area contributed by atoms with E-state index in [1.165, 1.54) is 16.3 Å². The van der Waals surface area contributed by atoms with E-state index in [-0.39, 0.29) is 16.4 Å². The lowest BCUT2D eigenvalue weighted by Gasteiger charge is -2.09. The third-order valence-corrected chi connectivity index (χ3v) is 6.35. The summed E-state index contributed by atoms with van der Waals surface area (Å²) in [6.45, 7) is 2.18. The number of amides is 1. The number of nitrogens with one attached hydrogen (secondary N) is 1. The fourth-order valence-corrected chi connectivity index (χ4v) is 4.81. The molecule has 0 radical (unpaired) electrons. The molecule has 1 aliphatic rings. The molecule has 136 valence electrons. The van der Waals surface area contributed by atoms with Crippen LogP contribution in [0.2, 0.25) is 0 Å². The van der Waals surface area contributed by atoms with E-state index in [9.17, 15) is 4.79 Å². The van der Waals surface area contributed by atoms with Crippen LogP contribution in [-0.2, 0) is 11.2 Å². The van der Waals surface area contributed by atoms with E-state index in [1.807, 2.05) is 12.1 Å². The van der Waals surface area contributed by atoms with E-state index >= 15 is 0 Å². The lowest BCUT2D eigenvalue weighted by molar-refractivity contribution is -0.115. The van der Waals surface area contributed by atoms with Crippen LogP contribution in [0.5, 0.6) is 0 Å². The summed E-state index contributed by atoms with van der Waals surface area (Å²) in [5.41, 5.74) is 3.43. The zero-order valence-corrected chi connectivity index (χ0v) is 16.1. The smallest absolute Gasteiger partial charge is 0.258 e. The van der Waals surface area contributed by atoms with Crippen LogP contribution in [-0.4, -0.2) is 22.2 Å². The normalized spacial score (nSPS) is 16.7. The number of fused-ring (bicyclic) bond motifs is 1. The number of hydrogen-bond acceptors (Lipinski definition) is 2. The number of anilines is 1. The number of carbonyl (C=O) groups excluding carboxylic acids is 1. The predicted octanol–water partition coefficient (Wildman–Crippen LogP) is 5.22. The number of benzene rings is 3. The minimum Gasteiger partial charge on any atom is -0.335 e. The van der Waals surface area contributed by atoms with Crippen molar-refractivity contribution in [1.82, 2.24) is 0 Å². The van der Waals surface area contributed by atoms with Crippen LogP contribution < -0.4 is 5.32 Å². The molecule has 0 bridgehead atoms. The van der Waals surface area contributed by atoms with Crippen LogP contribution in [0.3, 0.4) is 0 Å². The molecule has 0 saturated heterocycles. The monoisotopic (exact) mass is 374 g/mol. The summed E-state index contributed by atoms with van der Waals surface area (Å²) in [7, 11) is -0.334. The third-order valence-electron chi connectivity index (χ3n) is 4.55. The van der Waals surface area contributed by atoms with Gasteiger partial charge in [-0.1, -0.05) is 61.9 Å². The van der Waals surface area contributed by atoms with Crippen LogP contribution in [0.25, 0.3) is 10.8 Å². The molecule has 4 rings (SSSR count). The summed E-state index contributed by atoms with van der Waals surface area (Å²) in [6, 6.07) is 23.1. The van der Waals surface area contributed by atoms with Gasteiger partial charge >= 0.3 is 0 Å². The molecule has 0 aromatic heterocycles. The van der Waals surface area contributed by atoms with Gasteiger partial charge in [-0.15, -0.1) is 10.5 Å². The Labute approximate surface area is 162 Å². The molecule has 0 saturated carbocycles. The lowest BCUT2D eigenvalue weighted by atomic mass is 10.1. The first-order valence-corrected chi connectivity index (χ1v) is 10.7. The average molecular weight is 375 g/mol. The highest BCUT2D eigenvalue weighted by molar-refractivity contribution is 8.29.